The van der Waals surface area contributed by atoms with Gasteiger partial charge in [-0.25, -0.2) is 0 Å². The normalized spacial score (nSPS) is 9.86. The molecular formula is C16H18N4O. The third-order valence-electron chi connectivity index (χ3n) is 2.87. The molecule has 5 heteroatoms. The van der Waals surface area contributed by atoms with Crippen molar-refractivity contribution in [2.75, 3.05) is 6.54 Å². The van der Waals surface area contributed by atoms with Crippen LogP contribution < -0.4 is 11.1 Å². The molecule has 1 aromatic heterocycles. The van der Waals surface area contributed by atoms with Crippen molar-refractivity contribution in [3.05, 3.63) is 52.8 Å². The van der Waals surface area contributed by atoms with Gasteiger partial charge in [0.2, 0.25) is 0 Å². The van der Waals surface area contributed by atoms with Gasteiger partial charge in [-0.05, 0) is 36.8 Å². The fraction of sp³-hybridized carbons (Fsp3) is 0.250. The number of carbonyl (C=O) groups excluding carboxylic acids is 1. The number of hydrogen-bond donors (Lipinski definition) is 2. The molecule has 5 nitrogen and oxygen atoms in total. The molecule has 0 aliphatic heterocycles. The Labute approximate surface area is 124 Å². The van der Waals surface area contributed by atoms with Crippen LogP contribution in [-0.4, -0.2) is 22.2 Å². The second-order valence-corrected chi connectivity index (χ2v) is 4.76. The Kier molecular flexibility index (Phi) is 4.75. The quantitative estimate of drug-likeness (QED) is 0.824. The summed E-state index contributed by atoms with van der Waals surface area (Å²) in [6.45, 7) is 2.63. The van der Waals surface area contributed by atoms with E-state index in [1.54, 1.807) is 10.7 Å². The minimum Gasteiger partial charge on any atom is -0.346 e. The van der Waals surface area contributed by atoms with Crippen LogP contribution in [-0.2, 0) is 13.6 Å². The topological polar surface area (TPSA) is 72.9 Å². The minimum atomic E-state index is -0.139. The predicted octanol–water partition coefficient (Wildman–Crippen LogP) is 0.969. The third kappa shape index (κ3) is 4.20. The molecule has 0 fully saturated rings. The van der Waals surface area contributed by atoms with Crippen molar-refractivity contribution in [1.29, 1.82) is 0 Å². The van der Waals surface area contributed by atoms with Crippen molar-refractivity contribution in [2.24, 2.45) is 12.8 Å². The van der Waals surface area contributed by atoms with Crippen molar-refractivity contribution in [3.8, 4) is 11.8 Å². The summed E-state index contributed by atoms with van der Waals surface area (Å²) in [5.74, 6) is 5.60. The van der Waals surface area contributed by atoms with E-state index >= 15 is 0 Å². The monoisotopic (exact) mass is 282 g/mol. The maximum Gasteiger partial charge on any atom is 0.251 e. The zero-order valence-electron chi connectivity index (χ0n) is 12.2. The van der Waals surface area contributed by atoms with Crippen LogP contribution in [0.2, 0.25) is 0 Å². The largest absolute Gasteiger partial charge is 0.346 e. The summed E-state index contributed by atoms with van der Waals surface area (Å²) in [6, 6.07) is 7.40. The minimum absolute atomic E-state index is 0.139. The van der Waals surface area contributed by atoms with Crippen LogP contribution in [0, 0.1) is 18.8 Å². The van der Waals surface area contributed by atoms with Gasteiger partial charge in [0.15, 0.2) is 0 Å². The number of aromatic nitrogens is 2. The van der Waals surface area contributed by atoms with E-state index in [1.807, 2.05) is 38.4 Å². The van der Waals surface area contributed by atoms with E-state index in [0.29, 0.717) is 18.7 Å². The summed E-state index contributed by atoms with van der Waals surface area (Å²) in [5.41, 5.74) is 8.56. The van der Waals surface area contributed by atoms with Crippen molar-refractivity contribution in [3.63, 3.8) is 0 Å². The number of hydrogen-bond acceptors (Lipinski definition) is 3. The van der Waals surface area contributed by atoms with Crippen LogP contribution in [0.4, 0.5) is 0 Å². The highest BCUT2D eigenvalue weighted by Crippen LogP contribution is 2.09. The molecule has 0 aliphatic rings. The van der Waals surface area contributed by atoms with E-state index in [9.17, 15) is 4.79 Å². The van der Waals surface area contributed by atoms with Gasteiger partial charge < -0.3 is 11.1 Å². The fourth-order valence-corrected chi connectivity index (χ4v) is 1.97. The number of nitrogens with zero attached hydrogens (tertiary/aromatic N) is 2. The Morgan fingerprint density at radius 1 is 1.43 bits per heavy atom. The molecule has 1 amide bonds. The molecule has 3 N–H and O–H groups in total. The van der Waals surface area contributed by atoms with Gasteiger partial charge in [0, 0.05) is 24.4 Å². The summed E-state index contributed by atoms with van der Waals surface area (Å²) >= 11 is 0. The Hall–Kier alpha value is -2.58. The SMILES string of the molecule is Cc1cc(C#CCN)cc(C(=O)NCc2ccn(C)n2)c1. The van der Waals surface area contributed by atoms with Gasteiger partial charge in [-0.1, -0.05) is 11.8 Å². The summed E-state index contributed by atoms with van der Waals surface area (Å²) in [5, 5.41) is 7.07. The lowest BCUT2D eigenvalue weighted by Crippen LogP contribution is -2.23. The Morgan fingerprint density at radius 2 is 2.24 bits per heavy atom. The Bertz CT molecular complexity index is 707. The molecule has 0 unspecified atom stereocenters. The van der Waals surface area contributed by atoms with Crippen LogP contribution in [0.3, 0.4) is 0 Å². The van der Waals surface area contributed by atoms with E-state index in [4.69, 9.17) is 5.73 Å². The van der Waals surface area contributed by atoms with Crippen molar-refractivity contribution < 1.29 is 4.79 Å². The smallest absolute Gasteiger partial charge is 0.251 e. The molecule has 0 aliphatic carbocycles. The highest BCUT2D eigenvalue weighted by Gasteiger charge is 2.07. The van der Waals surface area contributed by atoms with Gasteiger partial charge in [0.25, 0.3) is 5.91 Å². The predicted molar refractivity (Wildman–Crippen MR) is 81.5 cm³/mol. The second kappa shape index (κ2) is 6.73. The van der Waals surface area contributed by atoms with E-state index in [-0.39, 0.29) is 5.91 Å². The van der Waals surface area contributed by atoms with E-state index in [0.717, 1.165) is 16.8 Å². The van der Waals surface area contributed by atoms with Crippen LogP contribution in [0.5, 0.6) is 0 Å². The summed E-state index contributed by atoms with van der Waals surface area (Å²) in [6.07, 6.45) is 1.84. The molecule has 21 heavy (non-hydrogen) atoms. The lowest BCUT2D eigenvalue weighted by atomic mass is 10.1. The standard InChI is InChI=1S/C16H18N4O/c1-12-8-13(4-3-6-17)10-14(9-12)16(21)18-11-15-5-7-20(2)19-15/h5,7-10H,6,11,17H2,1-2H3,(H,18,21). The zero-order valence-corrected chi connectivity index (χ0v) is 12.2. The molecule has 0 saturated carbocycles. The van der Waals surface area contributed by atoms with Crippen LogP contribution >= 0.6 is 0 Å². The number of nitrogens with two attached hydrogens (primary N) is 1. The number of nitrogens with one attached hydrogen (secondary N) is 1. The summed E-state index contributed by atoms with van der Waals surface area (Å²) in [7, 11) is 1.84. The second-order valence-electron chi connectivity index (χ2n) is 4.76. The average Bonchev–Trinajstić information content (AvgIpc) is 2.87. The molecule has 0 spiro atoms. The molecule has 108 valence electrons. The third-order valence-corrected chi connectivity index (χ3v) is 2.87. The first-order valence-corrected chi connectivity index (χ1v) is 6.66. The van der Waals surface area contributed by atoms with Gasteiger partial charge in [-0.2, -0.15) is 5.10 Å². The lowest BCUT2D eigenvalue weighted by Gasteiger charge is -2.05. The van der Waals surface area contributed by atoms with E-state index in [2.05, 4.69) is 22.3 Å². The van der Waals surface area contributed by atoms with Gasteiger partial charge in [0.1, 0.15) is 0 Å². The van der Waals surface area contributed by atoms with Crippen molar-refractivity contribution >= 4 is 5.91 Å². The first kappa shape index (κ1) is 14.8. The highest BCUT2D eigenvalue weighted by atomic mass is 16.1. The van der Waals surface area contributed by atoms with Gasteiger partial charge in [0.05, 0.1) is 18.8 Å². The van der Waals surface area contributed by atoms with Crippen LogP contribution in [0.25, 0.3) is 0 Å². The van der Waals surface area contributed by atoms with Crippen molar-refractivity contribution in [2.45, 2.75) is 13.5 Å². The summed E-state index contributed by atoms with van der Waals surface area (Å²) in [4.78, 5) is 12.2. The van der Waals surface area contributed by atoms with Gasteiger partial charge in [-0.3, -0.25) is 9.48 Å². The molecule has 0 atom stereocenters. The first-order valence-electron chi connectivity index (χ1n) is 6.66. The molecule has 0 bridgehead atoms. The number of amides is 1. The van der Waals surface area contributed by atoms with E-state index in [1.165, 1.54) is 0 Å². The molecule has 0 radical (unpaired) electrons. The Balaban J connectivity index is 2.09. The van der Waals surface area contributed by atoms with Crippen LogP contribution in [0.1, 0.15) is 27.2 Å². The Morgan fingerprint density at radius 3 is 2.90 bits per heavy atom. The van der Waals surface area contributed by atoms with Gasteiger partial charge >= 0.3 is 0 Å². The maximum absolute atomic E-state index is 12.2. The molecule has 1 heterocycles. The number of carbonyl (C=O) groups is 1. The number of aryl methyl sites for hydroxylation is 2. The average molecular weight is 282 g/mol. The summed E-state index contributed by atoms with van der Waals surface area (Å²) < 4.78 is 1.70. The van der Waals surface area contributed by atoms with Crippen molar-refractivity contribution in [1.82, 2.24) is 15.1 Å². The zero-order chi connectivity index (χ0) is 15.2. The molecule has 2 rings (SSSR count). The lowest BCUT2D eigenvalue weighted by molar-refractivity contribution is 0.0950. The molecule has 0 saturated heterocycles. The number of rotatable bonds is 3. The fourth-order valence-electron chi connectivity index (χ4n) is 1.97. The molecular weight excluding hydrogens is 264 g/mol. The van der Waals surface area contributed by atoms with Crippen LogP contribution in [0.15, 0.2) is 30.5 Å². The first-order chi connectivity index (χ1) is 10.1. The maximum atomic E-state index is 12.2. The number of benzene rings is 1. The molecule has 1 aromatic carbocycles. The van der Waals surface area contributed by atoms with Gasteiger partial charge in [-0.15, -0.1) is 0 Å². The molecule has 2 aromatic rings. The van der Waals surface area contributed by atoms with E-state index < -0.39 is 0 Å². The highest BCUT2D eigenvalue weighted by molar-refractivity contribution is 5.94.